The van der Waals surface area contributed by atoms with Crippen molar-refractivity contribution in [1.82, 2.24) is 0 Å². The van der Waals surface area contributed by atoms with Crippen molar-refractivity contribution in [1.29, 1.82) is 0 Å². The Hall–Kier alpha value is -2.38. The van der Waals surface area contributed by atoms with Crippen LogP contribution in [0.1, 0.15) is 28.4 Å². The van der Waals surface area contributed by atoms with Crippen LogP contribution >= 0.6 is 11.6 Å². The maximum Gasteiger partial charge on any atom is 0.257 e. The Kier molecular flexibility index (Phi) is 5.01. The molecule has 0 spiro atoms. The molecule has 142 valence electrons. The van der Waals surface area contributed by atoms with Crippen LogP contribution in [0.2, 0.25) is 5.02 Å². The van der Waals surface area contributed by atoms with E-state index in [0.29, 0.717) is 5.69 Å². The number of sulfonamides is 1. The Bertz CT molecular complexity index is 1050. The monoisotopic (exact) mass is 406 g/mol. The van der Waals surface area contributed by atoms with Crippen molar-refractivity contribution in [2.24, 2.45) is 5.92 Å². The summed E-state index contributed by atoms with van der Waals surface area (Å²) in [6.07, 6.45) is 0. The van der Waals surface area contributed by atoms with Crippen LogP contribution in [-0.2, 0) is 14.8 Å². The standard InChI is InChI=1S/C19H19ClN2O4S/c1-11-4-7-17(12(2)8-11)21-18(23)15-9-14(5-6-16(15)20)22-19(24)13(3)10-27(22,25)26/h4-9,13H,10H2,1-3H3,(H,21,23). The topological polar surface area (TPSA) is 83.6 Å². The van der Waals surface area contributed by atoms with Gasteiger partial charge in [-0.15, -0.1) is 0 Å². The van der Waals surface area contributed by atoms with Gasteiger partial charge in [0.25, 0.3) is 5.91 Å². The average Bonchev–Trinajstić information content (AvgIpc) is 2.78. The fourth-order valence-corrected chi connectivity index (χ4v) is 5.06. The van der Waals surface area contributed by atoms with Gasteiger partial charge >= 0.3 is 0 Å². The van der Waals surface area contributed by atoms with E-state index in [0.717, 1.165) is 15.4 Å². The number of hydrogen-bond acceptors (Lipinski definition) is 4. The lowest BCUT2D eigenvalue weighted by molar-refractivity contribution is -0.119. The van der Waals surface area contributed by atoms with Crippen LogP contribution in [0, 0.1) is 19.8 Å². The molecule has 0 aromatic heterocycles. The Morgan fingerprint density at radius 3 is 2.48 bits per heavy atom. The van der Waals surface area contributed by atoms with Crippen LogP contribution in [0.3, 0.4) is 0 Å². The molecule has 1 fully saturated rings. The smallest absolute Gasteiger partial charge is 0.257 e. The molecule has 3 rings (SSSR count). The SMILES string of the molecule is Cc1ccc(NC(=O)c2cc(N3C(=O)C(C)CS3(=O)=O)ccc2Cl)c(C)c1. The highest BCUT2D eigenvalue weighted by molar-refractivity contribution is 7.94. The van der Waals surface area contributed by atoms with Gasteiger partial charge in [-0.2, -0.15) is 0 Å². The minimum Gasteiger partial charge on any atom is -0.322 e. The third-order valence-electron chi connectivity index (χ3n) is 4.42. The van der Waals surface area contributed by atoms with E-state index < -0.39 is 27.8 Å². The number of aryl methyl sites for hydroxylation is 2. The number of halogens is 1. The van der Waals surface area contributed by atoms with Gasteiger partial charge in [-0.1, -0.05) is 36.2 Å². The summed E-state index contributed by atoms with van der Waals surface area (Å²) < 4.78 is 25.3. The molecule has 1 unspecified atom stereocenters. The van der Waals surface area contributed by atoms with Gasteiger partial charge in [0.15, 0.2) is 0 Å². The fraction of sp³-hybridized carbons (Fsp3) is 0.263. The lowest BCUT2D eigenvalue weighted by Gasteiger charge is -2.17. The number of nitrogens with one attached hydrogen (secondary N) is 1. The molecule has 1 aliphatic heterocycles. The number of carbonyl (C=O) groups excluding carboxylic acids is 2. The van der Waals surface area contributed by atoms with Gasteiger partial charge in [0.1, 0.15) is 0 Å². The van der Waals surface area contributed by atoms with Crippen LogP contribution in [0.25, 0.3) is 0 Å². The van der Waals surface area contributed by atoms with Crippen LogP contribution < -0.4 is 9.62 Å². The van der Waals surface area contributed by atoms with Crippen molar-refractivity contribution in [2.75, 3.05) is 15.4 Å². The van der Waals surface area contributed by atoms with E-state index in [9.17, 15) is 18.0 Å². The number of rotatable bonds is 3. The van der Waals surface area contributed by atoms with E-state index in [1.54, 1.807) is 13.0 Å². The molecule has 1 heterocycles. The maximum atomic E-state index is 12.7. The Morgan fingerprint density at radius 2 is 1.89 bits per heavy atom. The second kappa shape index (κ2) is 6.98. The lowest BCUT2D eigenvalue weighted by atomic mass is 10.1. The summed E-state index contributed by atoms with van der Waals surface area (Å²) >= 11 is 6.15. The Morgan fingerprint density at radius 1 is 1.19 bits per heavy atom. The van der Waals surface area contributed by atoms with Crippen molar-refractivity contribution >= 4 is 44.8 Å². The van der Waals surface area contributed by atoms with Crippen LogP contribution in [0.15, 0.2) is 36.4 Å². The summed E-state index contributed by atoms with van der Waals surface area (Å²) in [6, 6.07) is 9.76. The molecule has 2 aromatic carbocycles. The molecule has 1 aliphatic rings. The molecule has 6 nitrogen and oxygen atoms in total. The summed E-state index contributed by atoms with van der Waals surface area (Å²) in [7, 11) is -3.76. The van der Waals surface area contributed by atoms with Gasteiger partial charge in [-0.25, -0.2) is 12.7 Å². The molecule has 0 aliphatic carbocycles. The molecule has 0 radical (unpaired) electrons. The van der Waals surface area contributed by atoms with Gasteiger partial charge in [-0.05, 0) is 43.7 Å². The highest BCUT2D eigenvalue weighted by atomic mass is 35.5. The highest BCUT2D eigenvalue weighted by Crippen LogP contribution is 2.31. The van der Waals surface area contributed by atoms with Crippen LogP contribution in [0.5, 0.6) is 0 Å². The van der Waals surface area contributed by atoms with Crippen molar-refractivity contribution < 1.29 is 18.0 Å². The quantitative estimate of drug-likeness (QED) is 0.845. The van der Waals surface area contributed by atoms with Gasteiger partial charge in [0.2, 0.25) is 15.9 Å². The second-order valence-electron chi connectivity index (χ2n) is 6.72. The normalized spacial score (nSPS) is 18.6. The number of hydrogen-bond donors (Lipinski definition) is 1. The molecule has 1 atom stereocenters. The fourth-order valence-electron chi connectivity index (χ4n) is 3.04. The molecule has 2 amide bonds. The van der Waals surface area contributed by atoms with Crippen molar-refractivity contribution in [3.8, 4) is 0 Å². The van der Waals surface area contributed by atoms with Crippen molar-refractivity contribution in [2.45, 2.75) is 20.8 Å². The zero-order valence-corrected chi connectivity index (χ0v) is 16.7. The lowest BCUT2D eigenvalue weighted by Crippen LogP contribution is -2.30. The highest BCUT2D eigenvalue weighted by Gasteiger charge is 2.42. The summed E-state index contributed by atoms with van der Waals surface area (Å²) in [5, 5.41) is 2.94. The first-order chi connectivity index (χ1) is 12.6. The summed E-state index contributed by atoms with van der Waals surface area (Å²) in [4.78, 5) is 25.0. The summed E-state index contributed by atoms with van der Waals surface area (Å²) in [5.41, 5.74) is 2.79. The van der Waals surface area contributed by atoms with E-state index in [-0.39, 0.29) is 22.0 Å². The Balaban J connectivity index is 1.96. The largest absolute Gasteiger partial charge is 0.322 e. The second-order valence-corrected chi connectivity index (χ2v) is 8.99. The summed E-state index contributed by atoms with van der Waals surface area (Å²) in [6.45, 7) is 5.38. The minimum absolute atomic E-state index is 0.0942. The summed E-state index contributed by atoms with van der Waals surface area (Å²) in [5.74, 6) is -1.87. The minimum atomic E-state index is -3.76. The molecule has 27 heavy (non-hydrogen) atoms. The van der Waals surface area contributed by atoms with Gasteiger partial charge in [0.05, 0.1) is 27.9 Å². The first kappa shape index (κ1) is 19.4. The van der Waals surface area contributed by atoms with Crippen molar-refractivity contribution in [3.63, 3.8) is 0 Å². The van der Waals surface area contributed by atoms with E-state index >= 15 is 0 Å². The van der Waals surface area contributed by atoms with Crippen LogP contribution in [0.4, 0.5) is 11.4 Å². The molecule has 0 bridgehead atoms. The maximum absolute atomic E-state index is 12.7. The van der Waals surface area contributed by atoms with Gasteiger partial charge in [0, 0.05) is 5.69 Å². The number of amides is 2. The molecule has 1 N–H and O–H groups in total. The molecule has 2 aromatic rings. The zero-order chi connectivity index (χ0) is 19.9. The average molecular weight is 407 g/mol. The number of anilines is 2. The Labute approximate surface area is 163 Å². The predicted octanol–water partition coefficient (Wildman–Crippen LogP) is 3.52. The van der Waals surface area contributed by atoms with Gasteiger partial charge in [-0.3, -0.25) is 9.59 Å². The van der Waals surface area contributed by atoms with E-state index in [1.165, 1.54) is 18.2 Å². The predicted molar refractivity (Wildman–Crippen MR) is 106 cm³/mol. The molecular formula is C19H19ClN2O4S. The molecule has 0 saturated carbocycles. The van der Waals surface area contributed by atoms with E-state index in [4.69, 9.17) is 11.6 Å². The van der Waals surface area contributed by atoms with E-state index in [1.807, 2.05) is 26.0 Å². The molecule has 1 saturated heterocycles. The molecular weight excluding hydrogens is 388 g/mol. The molecule has 8 heteroatoms. The first-order valence-corrected chi connectivity index (χ1v) is 10.3. The number of benzene rings is 2. The van der Waals surface area contributed by atoms with Crippen molar-refractivity contribution in [3.05, 3.63) is 58.1 Å². The number of carbonyl (C=O) groups is 2. The third-order valence-corrected chi connectivity index (χ3v) is 6.62. The first-order valence-electron chi connectivity index (χ1n) is 8.35. The third kappa shape index (κ3) is 3.70. The zero-order valence-electron chi connectivity index (χ0n) is 15.1. The number of nitrogens with zero attached hydrogens (tertiary/aromatic N) is 1. The van der Waals surface area contributed by atoms with E-state index in [2.05, 4.69) is 5.32 Å². The van der Waals surface area contributed by atoms with Crippen LogP contribution in [-0.4, -0.2) is 26.0 Å². The van der Waals surface area contributed by atoms with Gasteiger partial charge < -0.3 is 5.32 Å².